The Labute approximate surface area is 180 Å². The van der Waals surface area contributed by atoms with E-state index in [2.05, 4.69) is 4.98 Å². The minimum absolute atomic E-state index is 0.0559. The molecule has 1 aliphatic heterocycles. The van der Waals surface area contributed by atoms with E-state index in [4.69, 9.17) is 22.4 Å². The fourth-order valence-electron chi connectivity index (χ4n) is 5.03. The number of aliphatic hydroxyl groups is 1. The number of aliphatic hydroxyl groups excluding tert-OH is 1. The van der Waals surface area contributed by atoms with E-state index in [1.807, 2.05) is 5.01 Å². The Morgan fingerprint density at radius 3 is 2.67 bits per heavy atom. The monoisotopic (exact) mass is 429 g/mol. The summed E-state index contributed by atoms with van der Waals surface area (Å²) >= 11 is 5.92. The van der Waals surface area contributed by atoms with E-state index in [1.165, 1.54) is 12.1 Å². The molecule has 158 valence electrons. The minimum Gasteiger partial charge on any atom is -0.390 e. The molecule has 4 rings (SSSR count). The van der Waals surface area contributed by atoms with Gasteiger partial charge in [0.15, 0.2) is 5.82 Å². The van der Waals surface area contributed by atoms with Crippen LogP contribution in [0.3, 0.4) is 0 Å². The van der Waals surface area contributed by atoms with Crippen LogP contribution in [0.4, 0.5) is 4.39 Å². The molecule has 8 heteroatoms. The molecule has 1 aliphatic carbocycles. The van der Waals surface area contributed by atoms with Crippen LogP contribution >= 0.6 is 11.6 Å². The first kappa shape index (κ1) is 21.1. The van der Waals surface area contributed by atoms with Gasteiger partial charge >= 0.3 is 0 Å². The number of nitrogens with two attached hydrogens (primary N) is 1. The maximum Gasteiger partial charge on any atom is 0.151 e. The highest BCUT2D eigenvalue weighted by atomic mass is 35.5. The molecule has 0 atom stereocenters. The van der Waals surface area contributed by atoms with Gasteiger partial charge in [-0.15, -0.1) is 0 Å². The van der Waals surface area contributed by atoms with Crippen molar-refractivity contribution in [2.24, 2.45) is 5.84 Å². The first-order valence-corrected chi connectivity index (χ1v) is 10.7. The molecule has 1 spiro atoms. The SMILES string of the molecule is Cc1nc(C2CCC3(CCCN3N)CC2)c(CO)nc1-c1ccc(Cl)c(C#N)c1F. The highest BCUT2D eigenvalue weighted by molar-refractivity contribution is 6.31. The van der Waals surface area contributed by atoms with Gasteiger partial charge in [-0.3, -0.25) is 10.8 Å². The van der Waals surface area contributed by atoms with Crippen LogP contribution in [0.25, 0.3) is 11.3 Å². The van der Waals surface area contributed by atoms with Gasteiger partial charge in [-0.1, -0.05) is 11.6 Å². The fourth-order valence-corrected chi connectivity index (χ4v) is 5.22. The average Bonchev–Trinajstić information content (AvgIpc) is 3.09. The molecule has 1 aromatic carbocycles. The Bertz CT molecular complexity index is 1010. The Balaban J connectivity index is 1.67. The van der Waals surface area contributed by atoms with Crippen molar-refractivity contribution < 1.29 is 9.50 Å². The van der Waals surface area contributed by atoms with Gasteiger partial charge in [0.1, 0.15) is 11.6 Å². The zero-order valence-electron chi connectivity index (χ0n) is 17.0. The molecule has 1 aromatic heterocycles. The third kappa shape index (κ3) is 3.48. The van der Waals surface area contributed by atoms with E-state index in [1.54, 1.807) is 13.0 Å². The number of aromatic nitrogens is 2. The highest BCUT2D eigenvalue weighted by Gasteiger charge is 2.43. The number of halogens is 2. The van der Waals surface area contributed by atoms with Crippen molar-refractivity contribution in [3.63, 3.8) is 0 Å². The minimum atomic E-state index is -0.720. The number of hydrogen-bond acceptors (Lipinski definition) is 6. The molecule has 2 aromatic rings. The molecule has 0 amide bonds. The molecule has 1 saturated carbocycles. The molecular weight excluding hydrogens is 405 g/mol. The molecule has 0 unspecified atom stereocenters. The molecule has 2 aliphatic rings. The summed E-state index contributed by atoms with van der Waals surface area (Å²) in [6.07, 6.45) is 6.12. The number of rotatable bonds is 3. The second kappa shape index (κ2) is 8.20. The third-order valence-corrected chi connectivity index (χ3v) is 7.05. The van der Waals surface area contributed by atoms with Crippen molar-refractivity contribution in [3.05, 3.63) is 45.6 Å². The molecule has 1 saturated heterocycles. The zero-order valence-corrected chi connectivity index (χ0v) is 17.7. The zero-order chi connectivity index (χ0) is 21.5. The van der Waals surface area contributed by atoms with Crippen LogP contribution in [0.2, 0.25) is 5.02 Å². The summed E-state index contributed by atoms with van der Waals surface area (Å²) in [6.45, 7) is 2.44. The van der Waals surface area contributed by atoms with E-state index in [0.29, 0.717) is 17.1 Å². The summed E-state index contributed by atoms with van der Waals surface area (Å²) in [4.78, 5) is 9.31. The van der Waals surface area contributed by atoms with Crippen molar-refractivity contribution in [1.82, 2.24) is 15.0 Å². The smallest absolute Gasteiger partial charge is 0.151 e. The molecule has 2 heterocycles. The molecule has 0 radical (unpaired) electrons. The van der Waals surface area contributed by atoms with Crippen LogP contribution in [0.1, 0.15) is 67.1 Å². The predicted molar refractivity (Wildman–Crippen MR) is 112 cm³/mol. The van der Waals surface area contributed by atoms with E-state index < -0.39 is 5.82 Å². The fraction of sp³-hybridized carbons (Fsp3) is 0.500. The number of hydrazine groups is 1. The van der Waals surface area contributed by atoms with E-state index >= 15 is 0 Å². The Hall–Kier alpha value is -2.11. The van der Waals surface area contributed by atoms with Gasteiger partial charge < -0.3 is 5.11 Å². The van der Waals surface area contributed by atoms with Crippen LogP contribution in [-0.4, -0.2) is 32.2 Å². The predicted octanol–water partition coefficient (Wildman–Crippen LogP) is 3.97. The van der Waals surface area contributed by atoms with Gasteiger partial charge in [-0.05, 0) is 57.6 Å². The summed E-state index contributed by atoms with van der Waals surface area (Å²) in [5, 5.41) is 21.2. The standard InChI is InChI=1S/C22H25ClFN5O/c1-13-20(15-3-4-17(23)16(11-25)19(15)24)28-18(12-30)21(27-13)14-5-8-22(9-6-14)7-2-10-29(22)26/h3-4,14,30H,2,5-10,12,26H2,1H3. The average molecular weight is 430 g/mol. The van der Waals surface area contributed by atoms with Gasteiger partial charge in [-0.2, -0.15) is 5.26 Å². The van der Waals surface area contributed by atoms with Crippen LogP contribution < -0.4 is 5.84 Å². The topological polar surface area (TPSA) is 99.1 Å². The van der Waals surface area contributed by atoms with Gasteiger partial charge in [0.25, 0.3) is 0 Å². The first-order valence-electron chi connectivity index (χ1n) is 10.3. The summed E-state index contributed by atoms with van der Waals surface area (Å²) in [7, 11) is 0. The van der Waals surface area contributed by atoms with Crippen molar-refractivity contribution in [3.8, 4) is 17.3 Å². The van der Waals surface area contributed by atoms with Crippen LogP contribution in [-0.2, 0) is 6.61 Å². The lowest BCUT2D eigenvalue weighted by Gasteiger charge is -2.41. The quantitative estimate of drug-likeness (QED) is 0.716. The lowest BCUT2D eigenvalue weighted by Crippen LogP contribution is -2.50. The van der Waals surface area contributed by atoms with Crippen LogP contribution in [0.15, 0.2) is 12.1 Å². The van der Waals surface area contributed by atoms with Crippen molar-refractivity contribution >= 4 is 11.6 Å². The van der Waals surface area contributed by atoms with E-state index in [-0.39, 0.29) is 34.2 Å². The number of benzene rings is 1. The van der Waals surface area contributed by atoms with Gasteiger partial charge in [-0.25, -0.2) is 14.4 Å². The van der Waals surface area contributed by atoms with Gasteiger partial charge in [0.2, 0.25) is 0 Å². The summed E-state index contributed by atoms with van der Waals surface area (Å²) in [5.74, 6) is 5.71. The lowest BCUT2D eigenvalue weighted by atomic mass is 9.74. The first-order chi connectivity index (χ1) is 14.4. The summed E-state index contributed by atoms with van der Waals surface area (Å²) in [6, 6.07) is 4.77. The maximum absolute atomic E-state index is 14.8. The second-order valence-electron chi connectivity index (χ2n) is 8.34. The largest absolute Gasteiger partial charge is 0.390 e. The number of hydrogen-bond donors (Lipinski definition) is 2. The number of nitrogens with zero attached hydrogens (tertiary/aromatic N) is 4. The van der Waals surface area contributed by atoms with Crippen LogP contribution in [0.5, 0.6) is 0 Å². The molecule has 3 N–H and O–H groups in total. The van der Waals surface area contributed by atoms with Crippen molar-refractivity contribution in [2.75, 3.05) is 6.54 Å². The van der Waals surface area contributed by atoms with Gasteiger partial charge in [0.05, 0.1) is 34.4 Å². The normalized spacial score (nSPS) is 24.3. The Morgan fingerprint density at radius 1 is 1.33 bits per heavy atom. The molecule has 30 heavy (non-hydrogen) atoms. The van der Waals surface area contributed by atoms with Crippen molar-refractivity contribution in [1.29, 1.82) is 5.26 Å². The van der Waals surface area contributed by atoms with E-state index in [9.17, 15) is 14.8 Å². The van der Waals surface area contributed by atoms with E-state index in [0.717, 1.165) is 50.8 Å². The van der Waals surface area contributed by atoms with Crippen LogP contribution in [0, 0.1) is 24.1 Å². The molecular formula is C22H25ClFN5O. The Morgan fingerprint density at radius 2 is 2.07 bits per heavy atom. The molecule has 0 bridgehead atoms. The highest BCUT2D eigenvalue weighted by Crippen LogP contribution is 2.45. The maximum atomic E-state index is 14.8. The summed E-state index contributed by atoms with van der Waals surface area (Å²) in [5.41, 5.74) is 2.17. The van der Waals surface area contributed by atoms with Crippen molar-refractivity contribution in [2.45, 2.75) is 63.5 Å². The Kier molecular flexibility index (Phi) is 5.78. The number of aryl methyl sites for hydroxylation is 1. The number of nitriles is 1. The lowest BCUT2D eigenvalue weighted by molar-refractivity contribution is 0.0857. The second-order valence-corrected chi connectivity index (χ2v) is 8.75. The third-order valence-electron chi connectivity index (χ3n) is 6.73. The van der Waals surface area contributed by atoms with Gasteiger partial charge in [0, 0.05) is 23.6 Å². The molecule has 6 nitrogen and oxygen atoms in total. The molecule has 2 fully saturated rings. The summed E-state index contributed by atoms with van der Waals surface area (Å²) < 4.78 is 14.8.